The lowest BCUT2D eigenvalue weighted by Gasteiger charge is -2.30. The van der Waals surface area contributed by atoms with E-state index in [4.69, 9.17) is 0 Å². The predicted octanol–water partition coefficient (Wildman–Crippen LogP) is 2.77. The van der Waals surface area contributed by atoms with Crippen molar-refractivity contribution in [1.29, 1.82) is 5.26 Å². The molecule has 0 aromatic rings. The standard InChI is InChI=1S/C14H22N2O/c1-11-5-4-6-12(9-11)16-13(17)14(10-15)7-2-3-8-14/h11-12H,2-9H2,1H3,(H,16,17). The van der Waals surface area contributed by atoms with Crippen LogP contribution in [0.15, 0.2) is 0 Å². The van der Waals surface area contributed by atoms with Crippen molar-refractivity contribution in [2.24, 2.45) is 11.3 Å². The highest BCUT2D eigenvalue weighted by Gasteiger charge is 2.42. The van der Waals surface area contributed by atoms with Gasteiger partial charge in [-0.05, 0) is 31.6 Å². The maximum atomic E-state index is 12.2. The third-order valence-electron chi connectivity index (χ3n) is 4.38. The molecule has 0 bridgehead atoms. The van der Waals surface area contributed by atoms with E-state index < -0.39 is 5.41 Å². The first-order chi connectivity index (χ1) is 8.16. The fourth-order valence-corrected chi connectivity index (χ4v) is 3.26. The number of nitriles is 1. The fourth-order valence-electron chi connectivity index (χ4n) is 3.26. The SMILES string of the molecule is CC1CCCC(NC(=O)C2(C#N)CCCC2)C1. The number of nitrogens with zero attached hydrogens (tertiary/aromatic N) is 1. The van der Waals surface area contributed by atoms with Crippen LogP contribution in [0.25, 0.3) is 0 Å². The van der Waals surface area contributed by atoms with Gasteiger partial charge >= 0.3 is 0 Å². The Balaban J connectivity index is 1.94. The Morgan fingerprint density at radius 3 is 2.59 bits per heavy atom. The van der Waals surface area contributed by atoms with E-state index in [1.165, 1.54) is 12.8 Å². The first-order valence-corrected chi connectivity index (χ1v) is 6.88. The van der Waals surface area contributed by atoms with Gasteiger partial charge in [-0.2, -0.15) is 5.26 Å². The normalized spacial score (nSPS) is 31.8. The molecule has 17 heavy (non-hydrogen) atoms. The molecular weight excluding hydrogens is 212 g/mol. The number of carbonyl (C=O) groups excluding carboxylic acids is 1. The smallest absolute Gasteiger partial charge is 0.240 e. The van der Waals surface area contributed by atoms with E-state index in [2.05, 4.69) is 18.3 Å². The molecule has 3 nitrogen and oxygen atoms in total. The minimum atomic E-state index is -0.708. The van der Waals surface area contributed by atoms with Gasteiger partial charge in [0.25, 0.3) is 0 Å². The molecule has 0 spiro atoms. The molecule has 0 saturated heterocycles. The molecule has 0 aliphatic heterocycles. The largest absolute Gasteiger partial charge is 0.352 e. The van der Waals surface area contributed by atoms with Crippen LogP contribution in [0.3, 0.4) is 0 Å². The second-order valence-corrected chi connectivity index (χ2v) is 5.84. The Morgan fingerprint density at radius 1 is 1.29 bits per heavy atom. The average Bonchev–Trinajstić information content (AvgIpc) is 2.78. The molecule has 2 aliphatic carbocycles. The summed E-state index contributed by atoms with van der Waals surface area (Å²) in [5.41, 5.74) is -0.708. The molecule has 3 heteroatoms. The average molecular weight is 234 g/mol. The minimum absolute atomic E-state index is 0.00315. The number of nitrogens with one attached hydrogen (secondary N) is 1. The van der Waals surface area contributed by atoms with Gasteiger partial charge in [-0.25, -0.2) is 0 Å². The summed E-state index contributed by atoms with van der Waals surface area (Å²) in [7, 11) is 0. The summed E-state index contributed by atoms with van der Waals surface area (Å²) >= 11 is 0. The molecule has 94 valence electrons. The second kappa shape index (κ2) is 5.08. The Morgan fingerprint density at radius 2 is 2.00 bits per heavy atom. The summed E-state index contributed by atoms with van der Waals surface area (Å²) in [6, 6.07) is 2.57. The highest BCUT2D eigenvalue weighted by molar-refractivity contribution is 5.85. The molecule has 1 amide bonds. The van der Waals surface area contributed by atoms with Crippen molar-refractivity contribution < 1.29 is 4.79 Å². The van der Waals surface area contributed by atoms with Gasteiger partial charge in [0.15, 0.2) is 0 Å². The van der Waals surface area contributed by atoms with Crippen LogP contribution in [-0.2, 0) is 4.79 Å². The van der Waals surface area contributed by atoms with Crippen molar-refractivity contribution in [3.8, 4) is 6.07 Å². The van der Waals surface area contributed by atoms with E-state index in [9.17, 15) is 10.1 Å². The van der Waals surface area contributed by atoms with Crippen molar-refractivity contribution in [2.75, 3.05) is 0 Å². The van der Waals surface area contributed by atoms with Crippen molar-refractivity contribution in [2.45, 2.75) is 64.3 Å². The van der Waals surface area contributed by atoms with E-state index in [1.807, 2.05) is 0 Å². The number of carbonyl (C=O) groups is 1. The molecule has 2 aliphatic rings. The topological polar surface area (TPSA) is 52.9 Å². The lowest BCUT2D eigenvalue weighted by Crippen LogP contribution is -2.45. The first kappa shape index (κ1) is 12.4. The summed E-state index contributed by atoms with van der Waals surface area (Å²) in [6.07, 6.45) is 8.16. The molecule has 0 aromatic heterocycles. The molecule has 2 fully saturated rings. The van der Waals surface area contributed by atoms with E-state index in [0.717, 1.165) is 38.5 Å². The van der Waals surface area contributed by atoms with Gasteiger partial charge in [0.1, 0.15) is 5.41 Å². The van der Waals surface area contributed by atoms with E-state index in [-0.39, 0.29) is 5.91 Å². The van der Waals surface area contributed by atoms with Crippen LogP contribution in [-0.4, -0.2) is 11.9 Å². The predicted molar refractivity (Wildman–Crippen MR) is 66.1 cm³/mol. The minimum Gasteiger partial charge on any atom is -0.352 e. The molecule has 0 aromatic carbocycles. The van der Waals surface area contributed by atoms with E-state index in [0.29, 0.717) is 12.0 Å². The number of hydrogen-bond acceptors (Lipinski definition) is 2. The molecule has 2 unspecified atom stereocenters. The van der Waals surface area contributed by atoms with Gasteiger partial charge in [-0.1, -0.05) is 32.6 Å². The lowest BCUT2D eigenvalue weighted by atomic mass is 9.84. The first-order valence-electron chi connectivity index (χ1n) is 6.88. The maximum Gasteiger partial charge on any atom is 0.240 e. The second-order valence-electron chi connectivity index (χ2n) is 5.84. The van der Waals surface area contributed by atoms with Gasteiger partial charge in [-0.3, -0.25) is 4.79 Å². The van der Waals surface area contributed by atoms with Crippen LogP contribution in [0.1, 0.15) is 58.3 Å². The van der Waals surface area contributed by atoms with Gasteiger partial charge < -0.3 is 5.32 Å². The number of rotatable bonds is 2. The van der Waals surface area contributed by atoms with Gasteiger partial charge in [0.05, 0.1) is 6.07 Å². The highest BCUT2D eigenvalue weighted by Crippen LogP contribution is 2.38. The number of amides is 1. The summed E-state index contributed by atoms with van der Waals surface area (Å²) < 4.78 is 0. The number of hydrogen-bond donors (Lipinski definition) is 1. The Hall–Kier alpha value is -1.04. The summed E-state index contributed by atoms with van der Waals surface area (Å²) in [4.78, 5) is 12.2. The zero-order valence-corrected chi connectivity index (χ0v) is 10.7. The molecule has 2 atom stereocenters. The van der Waals surface area contributed by atoms with Gasteiger partial charge in [-0.15, -0.1) is 0 Å². The van der Waals surface area contributed by atoms with Crippen molar-refractivity contribution >= 4 is 5.91 Å². The Labute approximate surface area is 104 Å². The Bertz CT molecular complexity index is 326. The Kier molecular flexibility index (Phi) is 3.71. The maximum absolute atomic E-state index is 12.2. The molecule has 1 N–H and O–H groups in total. The van der Waals surface area contributed by atoms with Crippen molar-refractivity contribution in [3.05, 3.63) is 0 Å². The quantitative estimate of drug-likeness (QED) is 0.798. The summed E-state index contributed by atoms with van der Waals surface area (Å²) in [5.74, 6) is 0.701. The van der Waals surface area contributed by atoms with Crippen molar-refractivity contribution in [1.82, 2.24) is 5.32 Å². The molecule has 2 rings (SSSR count). The van der Waals surface area contributed by atoms with Gasteiger partial charge in [0.2, 0.25) is 5.91 Å². The third-order valence-corrected chi connectivity index (χ3v) is 4.38. The van der Waals surface area contributed by atoms with Crippen molar-refractivity contribution in [3.63, 3.8) is 0 Å². The van der Waals surface area contributed by atoms with Crippen LogP contribution in [0.5, 0.6) is 0 Å². The van der Waals surface area contributed by atoms with E-state index in [1.54, 1.807) is 0 Å². The lowest BCUT2D eigenvalue weighted by molar-refractivity contribution is -0.129. The zero-order valence-electron chi connectivity index (χ0n) is 10.7. The van der Waals surface area contributed by atoms with Crippen LogP contribution in [0.4, 0.5) is 0 Å². The molecule has 0 radical (unpaired) electrons. The fraction of sp³-hybridized carbons (Fsp3) is 0.857. The van der Waals surface area contributed by atoms with Gasteiger partial charge in [0, 0.05) is 6.04 Å². The molecular formula is C14H22N2O. The monoisotopic (exact) mass is 234 g/mol. The van der Waals surface area contributed by atoms with E-state index >= 15 is 0 Å². The molecule has 2 saturated carbocycles. The summed E-state index contributed by atoms with van der Waals surface area (Å²) in [5, 5.41) is 12.4. The highest BCUT2D eigenvalue weighted by atomic mass is 16.2. The van der Waals surface area contributed by atoms with Crippen LogP contribution in [0, 0.1) is 22.7 Å². The third kappa shape index (κ3) is 2.62. The summed E-state index contributed by atoms with van der Waals surface area (Å²) in [6.45, 7) is 2.24. The van der Waals surface area contributed by atoms with Crippen LogP contribution in [0.2, 0.25) is 0 Å². The van der Waals surface area contributed by atoms with Crippen LogP contribution < -0.4 is 5.32 Å². The molecule has 0 heterocycles. The van der Waals surface area contributed by atoms with Crippen LogP contribution >= 0.6 is 0 Å². The zero-order chi connectivity index (χ0) is 12.3.